The van der Waals surface area contributed by atoms with Crippen molar-refractivity contribution in [2.24, 2.45) is 0 Å². The van der Waals surface area contributed by atoms with Crippen LogP contribution in [-0.2, 0) is 4.79 Å². The van der Waals surface area contributed by atoms with E-state index in [1.54, 1.807) is 55.8 Å². The van der Waals surface area contributed by atoms with Crippen molar-refractivity contribution < 1.29 is 14.3 Å². The lowest BCUT2D eigenvalue weighted by atomic mass is 10.2. The largest absolute Gasteiger partial charge is 0.497 e. The van der Waals surface area contributed by atoms with Gasteiger partial charge in [0.05, 0.1) is 7.11 Å². The number of hydrogen-bond acceptors (Lipinski definition) is 8. The second-order valence-electron chi connectivity index (χ2n) is 7.35. The van der Waals surface area contributed by atoms with Gasteiger partial charge in [0.25, 0.3) is 5.91 Å². The lowest BCUT2D eigenvalue weighted by molar-refractivity contribution is -0.118. The number of hydrogen-bond donors (Lipinski definition) is 3. The molecule has 0 aliphatic heterocycles. The molecule has 0 spiro atoms. The van der Waals surface area contributed by atoms with Gasteiger partial charge in [0.2, 0.25) is 0 Å². The van der Waals surface area contributed by atoms with E-state index < -0.39 is 0 Å². The molecule has 4 rings (SSSR count). The van der Waals surface area contributed by atoms with Crippen LogP contribution in [0.25, 0.3) is 0 Å². The van der Waals surface area contributed by atoms with Crippen molar-refractivity contribution in [2.45, 2.75) is 6.92 Å². The Morgan fingerprint density at radius 1 is 0.794 bits per heavy atom. The highest BCUT2D eigenvalue weighted by Gasteiger charge is 2.06. The highest BCUT2D eigenvalue weighted by Crippen LogP contribution is 2.21. The first-order valence-electron chi connectivity index (χ1n) is 10.5. The molecule has 9 heteroatoms. The van der Waals surface area contributed by atoms with Gasteiger partial charge in [0.1, 0.15) is 35.3 Å². The number of nitrogens with one attached hydrogen (secondary N) is 3. The minimum atomic E-state index is -0.257. The summed E-state index contributed by atoms with van der Waals surface area (Å²) in [5.41, 5.74) is 2.57. The summed E-state index contributed by atoms with van der Waals surface area (Å²) in [7, 11) is 1.59. The average molecular weight is 457 g/mol. The van der Waals surface area contributed by atoms with E-state index in [0.717, 1.165) is 17.0 Å². The van der Waals surface area contributed by atoms with Crippen LogP contribution in [0.5, 0.6) is 11.5 Å². The fourth-order valence-electron chi connectivity index (χ4n) is 3.03. The zero-order chi connectivity index (χ0) is 23.8. The van der Waals surface area contributed by atoms with Crippen molar-refractivity contribution >= 4 is 34.7 Å². The summed E-state index contributed by atoms with van der Waals surface area (Å²) in [4.78, 5) is 25.0. The highest BCUT2D eigenvalue weighted by molar-refractivity contribution is 5.92. The highest BCUT2D eigenvalue weighted by atomic mass is 16.5. The summed E-state index contributed by atoms with van der Waals surface area (Å²) in [6.07, 6.45) is 3.21. The number of aryl methyl sites for hydroxylation is 1. The third kappa shape index (κ3) is 6.42. The summed E-state index contributed by atoms with van der Waals surface area (Å²) in [5, 5.41) is 9.19. The van der Waals surface area contributed by atoms with Gasteiger partial charge in [-0.3, -0.25) is 4.79 Å². The lowest BCUT2D eigenvalue weighted by Gasteiger charge is -2.10. The molecule has 0 aliphatic rings. The molecule has 0 unspecified atom stereocenters. The summed E-state index contributed by atoms with van der Waals surface area (Å²) >= 11 is 0. The molecule has 172 valence electrons. The number of ether oxygens (including phenoxy) is 2. The third-order valence-corrected chi connectivity index (χ3v) is 4.71. The fourth-order valence-corrected chi connectivity index (χ4v) is 3.03. The molecule has 0 fully saturated rings. The first-order chi connectivity index (χ1) is 16.6. The van der Waals surface area contributed by atoms with Crippen molar-refractivity contribution in [1.29, 1.82) is 0 Å². The maximum Gasteiger partial charge on any atom is 0.262 e. The molecule has 1 amide bonds. The van der Waals surface area contributed by atoms with Crippen LogP contribution in [-0.4, -0.2) is 34.6 Å². The van der Waals surface area contributed by atoms with E-state index in [1.165, 1.54) is 6.33 Å². The van der Waals surface area contributed by atoms with Gasteiger partial charge < -0.3 is 25.4 Å². The Morgan fingerprint density at radius 3 is 2.15 bits per heavy atom. The predicted octanol–water partition coefficient (Wildman–Crippen LogP) is 4.69. The van der Waals surface area contributed by atoms with E-state index in [4.69, 9.17) is 9.47 Å². The van der Waals surface area contributed by atoms with Crippen molar-refractivity contribution in [3.05, 3.63) is 84.8 Å². The SMILES string of the molecule is COc1ccc(OCC(=O)Nc2ccc(Nc3cc(Nc4cc(C)ccn4)ncn3)cc2)cc1. The van der Waals surface area contributed by atoms with Gasteiger partial charge in [-0.05, 0) is 73.2 Å². The number of carbonyl (C=O) groups is 1. The Labute approximate surface area is 197 Å². The third-order valence-electron chi connectivity index (χ3n) is 4.71. The monoisotopic (exact) mass is 456 g/mol. The zero-order valence-electron chi connectivity index (χ0n) is 18.8. The molecule has 4 aromatic rings. The Morgan fingerprint density at radius 2 is 1.44 bits per heavy atom. The smallest absolute Gasteiger partial charge is 0.262 e. The van der Waals surface area contributed by atoms with Crippen molar-refractivity contribution in [3.63, 3.8) is 0 Å². The van der Waals surface area contributed by atoms with E-state index >= 15 is 0 Å². The number of amides is 1. The average Bonchev–Trinajstić information content (AvgIpc) is 2.84. The zero-order valence-corrected chi connectivity index (χ0v) is 18.8. The Balaban J connectivity index is 1.29. The number of carbonyl (C=O) groups excluding carboxylic acids is 1. The summed E-state index contributed by atoms with van der Waals surface area (Å²) in [6, 6.07) is 20.0. The predicted molar refractivity (Wildman–Crippen MR) is 131 cm³/mol. The van der Waals surface area contributed by atoms with Crippen LogP contribution >= 0.6 is 0 Å². The molecule has 0 saturated heterocycles. The van der Waals surface area contributed by atoms with Gasteiger partial charge in [-0.15, -0.1) is 0 Å². The first kappa shape index (κ1) is 22.5. The summed E-state index contributed by atoms with van der Waals surface area (Å²) in [5.74, 6) is 3.01. The molecule has 3 N–H and O–H groups in total. The van der Waals surface area contributed by atoms with E-state index in [9.17, 15) is 4.79 Å². The first-order valence-corrected chi connectivity index (χ1v) is 10.5. The van der Waals surface area contributed by atoms with E-state index in [1.807, 2.05) is 31.2 Å². The normalized spacial score (nSPS) is 10.3. The van der Waals surface area contributed by atoms with Crippen LogP contribution in [0.4, 0.5) is 28.8 Å². The minimum Gasteiger partial charge on any atom is -0.497 e. The van der Waals surface area contributed by atoms with Crippen LogP contribution in [0.2, 0.25) is 0 Å². The van der Waals surface area contributed by atoms with Crippen molar-refractivity contribution in [3.8, 4) is 11.5 Å². The summed E-state index contributed by atoms with van der Waals surface area (Å²) < 4.78 is 10.6. The van der Waals surface area contributed by atoms with Crippen LogP contribution in [0.1, 0.15) is 5.56 Å². The van der Waals surface area contributed by atoms with Crippen molar-refractivity contribution in [1.82, 2.24) is 15.0 Å². The molecule has 34 heavy (non-hydrogen) atoms. The Kier molecular flexibility index (Phi) is 7.14. The molecule has 2 aromatic carbocycles. The molecule has 0 bridgehead atoms. The number of rotatable bonds is 9. The number of anilines is 5. The second-order valence-corrected chi connectivity index (χ2v) is 7.35. The van der Waals surface area contributed by atoms with Gasteiger partial charge in [0, 0.05) is 23.6 Å². The molecular formula is C25H24N6O3. The molecule has 2 aromatic heterocycles. The molecule has 0 saturated carbocycles. The number of nitrogens with zero attached hydrogens (tertiary/aromatic N) is 3. The van der Waals surface area contributed by atoms with Crippen LogP contribution < -0.4 is 25.4 Å². The maximum absolute atomic E-state index is 12.2. The number of pyridine rings is 1. The van der Waals surface area contributed by atoms with Crippen LogP contribution in [0.15, 0.2) is 79.3 Å². The lowest BCUT2D eigenvalue weighted by Crippen LogP contribution is -2.20. The second kappa shape index (κ2) is 10.8. The van der Waals surface area contributed by atoms with E-state index in [-0.39, 0.29) is 12.5 Å². The maximum atomic E-state index is 12.2. The van der Waals surface area contributed by atoms with E-state index in [0.29, 0.717) is 28.9 Å². The number of methoxy groups -OCH3 is 1. The molecule has 0 atom stereocenters. The van der Waals surface area contributed by atoms with Gasteiger partial charge in [-0.2, -0.15) is 0 Å². The minimum absolute atomic E-state index is 0.0984. The van der Waals surface area contributed by atoms with E-state index in [2.05, 4.69) is 30.9 Å². The van der Waals surface area contributed by atoms with Gasteiger partial charge in [-0.25, -0.2) is 15.0 Å². The van der Waals surface area contributed by atoms with Gasteiger partial charge in [-0.1, -0.05) is 0 Å². The Hall–Kier alpha value is -4.66. The number of benzene rings is 2. The molecule has 9 nitrogen and oxygen atoms in total. The number of aromatic nitrogens is 3. The standard InChI is InChI=1S/C25H24N6O3/c1-17-11-12-26-22(13-17)31-24-14-23(27-16-28-24)29-18-3-5-19(6-4-18)30-25(32)15-34-21-9-7-20(33-2)8-10-21/h3-14,16H,15H2,1-2H3,(H,30,32)(H2,26,27,28,29,31). The van der Waals surface area contributed by atoms with Crippen LogP contribution in [0.3, 0.4) is 0 Å². The molecular weight excluding hydrogens is 432 g/mol. The topological polar surface area (TPSA) is 110 Å². The van der Waals surface area contributed by atoms with Crippen LogP contribution in [0, 0.1) is 6.92 Å². The molecule has 0 aliphatic carbocycles. The molecule has 0 radical (unpaired) electrons. The summed E-state index contributed by atoms with van der Waals surface area (Å²) in [6.45, 7) is 1.90. The quantitative estimate of drug-likeness (QED) is 0.333. The molecule has 2 heterocycles. The van der Waals surface area contributed by atoms with Gasteiger partial charge >= 0.3 is 0 Å². The Bertz CT molecular complexity index is 1250. The van der Waals surface area contributed by atoms with Crippen molar-refractivity contribution in [2.75, 3.05) is 29.7 Å². The fraction of sp³-hybridized carbons (Fsp3) is 0.120. The van der Waals surface area contributed by atoms with Gasteiger partial charge in [0.15, 0.2) is 6.61 Å².